The van der Waals surface area contributed by atoms with E-state index in [1.807, 2.05) is 30.3 Å². The average Bonchev–Trinajstić information content (AvgIpc) is 2.29. The second kappa shape index (κ2) is 3.41. The van der Waals surface area contributed by atoms with Gasteiger partial charge in [-0.05, 0) is 46.9 Å². The van der Waals surface area contributed by atoms with Crippen molar-refractivity contribution < 1.29 is 0 Å². The van der Waals surface area contributed by atoms with Crippen LogP contribution in [-0.2, 0) is 0 Å². The Balaban J connectivity index is 2.57. The summed E-state index contributed by atoms with van der Waals surface area (Å²) in [4.78, 5) is 0. The number of halogens is 1. The molecule has 0 atom stereocenters. The van der Waals surface area contributed by atoms with E-state index >= 15 is 0 Å². The monoisotopic (exact) mass is 306 g/mol. The van der Waals surface area contributed by atoms with Crippen LogP contribution in [-0.4, -0.2) is 10.2 Å². The van der Waals surface area contributed by atoms with Crippen molar-refractivity contribution in [3.8, 4) is 0 Å². The van der Waals surface area contributed by atoms with Gasteiger partial charge in [0.15, 0.2) is 0 Å². The minimum Gasteiger partial charge on any atom is -0.150 e. The molecular weight excluding hydrogens is 299 g/mol. The zero-order valence-corrected chi connectivity index (χ0v) is 9.97. The predicted octanol–water partition coefficient (Wildman–Crippen LogP) is 3.39. The molecule has 15 heavy (non-hydrogen) atoms. The van der Waals surface area contributed by atoms with Gasteiger partial charge < -0.3 is 0 Å². The molecule has 0 amide bonds. The first-order valence-electron chi connectivity index (χ1n) is 4.65. The molecule has 0 bridgehead atoms. The molecule has 72 valence electrons. The molecule has 1 heterocycles. The average molecular weight is 306 g/mol. The third-order valence-corrected chi connectivity index (χ3v) is 3.09. The summed E-state index contributed by atoms with van der Waals surface area (Å²) in [5.74, 6) is 0. The van der Waals surface area contributed by atoms with Crippen molar-refractivity contribution in [2.45, 2.75) is 0 Å². The highest BCUT2D eigenvalue weighted by atomic mass is 127. The van der Waals surface area contributed by atoms with Crippen LogP contribution >= 0.6 is 22.6 Å². The van der Waals surface area contributed by atoms with Crippen LogP contribution in [0.5, 0.6) is 0 Å². The fourth-order valence-electron chi connectivity index (χ4n) is 1.71. The highest BCUT2D eigenvalue weighted by Crippen LogP contribution is 2.23. The van der Waals surface area contributed by atoms with E-state index in [0.29, 0.717) is 0 Å². The van der Waals surface area contributed by atoms with Crippen molar-refractivity contribution >= 4 is 44.4 Å². The topological polar surface area (TPSA) is 25.8 Å². The first-order chi connectivity index (χ1) is 7.34. The highest BCUT2D eigenvalue weighted by molar-refractivity contribution is 14.1. The van der Waals surface area contributed by atoms with E-state index in [1.165, 1.54) is 14.3 Å². The Labute approximate surface area is 100 Å². The van der Waals surface area contributed by atoms with Crippen LogP contribution in [0.2, 0.25) is 0 Å². The van der Waals surface area contributed by atoms with Crippen LogP contribution in [0.25, 0.3) is 21.8 Å². The van der Waals surface area contributed by atoms with Crippen molar-refractivity contribution in [3.63, 3.8) is 0 Å². The normalized spacial score (nSPS) is 11.0. The molecular formula is C12H7IN2. The largest absolute Gasteiger partial charge is 0.150 e. The molecule has 3 heteroatoms. The minimum atomic E-state index is 0.951. The lowest BCUT2D eigenvalue weighted by atomic mass is 10.1. The molecule has 0 aliphatic rings. The molecule has 3 rings (SSSR count). The summed E-state index contributed by atoms with van der Waals surface area (Å²) in [5, 5.41) is 10.7. The van der Waals surface area contributed by atoms with Gasteiger partial charge in [0.2, 0.25) is 0 Å². The van der Waals surface area contributed by atoms with Gasteiger partial charge in [-0.25, -0.2) is 0 Å². The van der Waals surface area contributed by atoms with E-state index in [9.17, 15) is 0 Å². The van der Waals surface area contributed by atoms with Crippen LogP contribution in [0.4, 0.5) is 0 Å². The summed E-state index contributed by atoms with van der Waals surface area (Å²) in [7, 11) is 0. The summed E-state index contributed by atoms with van der Waals surface area (Å²) in [6, 6.07) is 14.3. The summed E-state index contributed by atoms with van der Waals surface area (Å²) >= 11 is 2.31. The lowest BCUT2D eigenvalue weighted by molar-refractivity contribution is 1.12. The molecule has 1 aromatic heterocycles. The zero-order chi connectivity index (χ0) is 10.3. The summed E-state index contributed by atoms with van der Waals surface area (Å²) in [6.45, 7) is 0. The molecule has 0 spiro atoms. The van der Waals surface area contributed by atoms with E-state index in [-0.39, 0.29) is 0 Å². The molecule has 0 saturated heterocycles. The Bertz CT molecular complexity index is 649. The number of hydrogen-bond acceptors (Lipinski definition) is 2. The van der Waals surface area contributed by atoms with Crippen molar-refractivity contribution in [1.29, 1.82) is 0 Å². The van der Waals surface area contributed by atoms with Gasteiger partial charge in [0.25, 0.3) is 0 Å². The third kappa shape index (κ3) is 1.47. The maximum absolute atomic E-state index is 4.20. The third-order valence-electron chi connectivity index (χ3n) is 2.42. The van der Waals surface area contributed by atoms with E-state index in [2.05, 4.69) is 44.9 Å². The number of nitrogens with zero attached hydrogens (tertiary/aromatic N) is 2. The Morgan fingerprint density at radius 1 is 0.800 bits per heavy atom. The fraction of sp³-hybridized carbons (Fsp3) is 0. The number of rotatable bonds is 0. The molecule has 0 unspecified atom stereocenters. The van der Waals surface area contributed by atoms with Crippen molar-refractivity contribution in [2.75, 3.05) is 0 Å². The van der Waals surface area contributed by atoms with Gasteiger partial charge in [0.05, 0.1) is 11.0 Å². The van der Waals surface area contributed by atoms with Crippen molar-refractivity contribution in [1.82, 2.24) is 10.2 Å². The maximum atomic E-state index is 4.20. The molecule has 0 fully saturated rings. The van der Waals surface area contributed by atoms with Crippen LogP contribution in [0.15, 0.2) is 42.5 Å². The van der Waals surface area contributed by atoms with E-state index < -0.39 is 0 Å². The first kappa shape index (κ1) is 9.03. The maximum Gasteiger partial charge on any atom is 0.0936 e. The minimum absolute atomic E-state index is 0.951. The highest BCUT2D eigenvalue weighted by Gasteiger charge is 2.02. The first-order valence-corrected chi connectivity index (χ1v) is 5.73. The number of aromatic nitrogens is 2. The Hall–Kier alpha value is -1.23. The smallest absolute Gasteiger partial charge is 0.0936 e. The molecule has 3 aromatic rings. The van der Waals surface area contributed by atoms with Crippen LogP contribution in [0.3, 0.4) is 0 Å². The summed E-state index contributed by atoms with van der Waals surface area (Å²) in [5.41, 5.74) is 1.90. The van der Waals surface area contributed by atoms with E-state index in [1.54, 1.807) is 0 Å². The number of hydrogen-bond donors (Lipinski definition) is 0. The molecule has 0 N–H and O–H groups in total. The van der Waals surface area contributed by atoms with Gasteiger partial charge in [0, 0.05) is 14.3 Å². The van der Waals surface area contributed by atoms with E-state index in [0.717, 1.165) is 11.0 Å². The molecule has 0 aliphatic carbocycles. The van der Waals surface area contributed by atoms with Gasteiger partial charge in [-0.2, -0.15) is 0 Å². The Kier molecular flexibility index (Phi) is 2.05. The standard InChI is InChI=1S/C12H7IN2/c13-8-5-6-12-10(7-8)9-3-1-2-4-11(9)14-15-12/h1-7H. The molecule has 2 nitrogen and oxygen atoms in total. The molecule has 0 aliphatic heterocycles. The Morgan fingerprint density at radius 3 is 2.40 bits per heavy atom. The quantitative estimate of drug-likeness (QED) is 0.470. The molecule has 2 aromatic carbocycles. The lowest BCUT2D eigenvalue weighted by Gasteiger charge is -2.01. The van der Waals surface area contributed by atoms with Gasteiger partial charge in [-0.15, -0.1) is 10.2 Å². The summed E-state index contributed by atoms with van der Waals surface area (Å²) < 4.78 is 1.22. The van der Waals surface area contributed by atoms with Crippen molar-refractivity contribution in [2.24, 2.45) is 0 Å². The summed E-state index contributed by atoms with van der Waals surface area (Å²) in [6.07, 6.45) is 0. The second-order valence-electron chi connectivity index (χ2n) is 3.38. The zero-order valence-electron chi connectivity index (χ0n) is 7.81. The Morgan fingerprint density at radius 2 is 1.53 bits per heavy atom. The van der Waals surface area contributed by atoms with Gasteiger partial charge >= 0.3 is 0 Å². The predicted molar refractivity (Wildman–Crippen MR) is 69.8 cm³/mol. The van der Waals surface area contributed by atoms with Gasteiger partial charge in [-0.1, -0.05) is 18.2 Å². The van der Waals surface area contributed by atoms with E-state index in [4.69, 9.17) is 0 Å². The van der Waals surface area contributed by atoms with Crippen LogP contribution < -0.4 is 0 Å². The van der Waals surface area contributed by atoms with Gasteiger partial charge in [0.1, 0.15) is 0 Å². The fourth-order valence-corrected chi connectivity index (χ4v) is 2.20. The van der Waals surface area contributed by atoms with Crippen LogP contribution in [0.1, 0.15) is 0 Å². The van der Waals surface area contributed by atoms with Gasteiger partial charge in [-0.3, -0.25) is 0 Å². The van der Waals surface area contributed by atoms with Crippen LogP contribution in [0, 0.1) is 3.57 Å². The SMILES string of the molecule is Ic1ccc2nnc3ccccc3c2c1. The van der Waals surface area contributed by atoms with Crippen molar-refractivity contribution in [3.05, 3.63) is 46.0 Å². The molecule has 0 saturated carbocycles. The number of fused-ring (bicyclic) bond motifs is 3. The number of benzene rings is 2. The second-order valence-corrected chi connectivity index (χ2v) is 4.62. The molecule has 0 radical (unpaired) electrons. The lowest BCUT2D eigenvalue weighted by Crippen LogP contribution is -1.87.